The molecule has 0 bridgehead atoms. The summed E-state index contributed by atoms with van der Waals surface area (Å²) < 4.78 is 7.30. The van der Waals surface area contributed by atoms with Crippen molar-refractivity contribution in [1.82, 2.24) is 19.9 Å². The molecule has 2 saturated heterocycles. The van der Waals surface area contributed by atoms with E-state index in [0.717, 1.165) is 48.7 Å². The number of pyridine rings is 1. The number of methoxy groups -OCH3 is 1. The number of imidazole rings is 1. The fourth-order valence-electron chi connectivity index (χ4n) is 4.57. The van der Waals surface area contributed by atoms with E-state index in [9.17, 15) is 5.26 Å². The lowest BCUT2D eigenvalue weighted by Crippen LogP contribution is -2.25. The number of nitriles is 1. The van der Waals surface area contributed by atoms with Crippen molar-refractivity contribution in [2.45, 2.75) is 0 Å². The lowest BCUT2D eigenvalue weighted by atomic mass is 9.99. The zero-order valence-corrected chi connectivity index (χ0v) is 16.7. The van der Waals surface area contributed by atoms with E-state index < -0.39 is 0 Å². The fourth-order valence-corrected chi connectivity index (χ4v) is 4.57. The Labute approximate surface area is 174 Å². The molecule has 0 spiro atoms. The van der Waals surface area contributed by atoms with Gasteiger partial charge in [-0.1, -0.05) is 0 Å². The minimum absolute atomic E-state index is 0.346. The molecule has 2 unspecified atom stereocenters. The second-order valence-corrected chi connectivity index (χ2v) is 7.88. The number of anilines is 2. The Morgan fingerprint density at radius 3 is 2.67 bits per heavy atom. The van der Waals surface area contributed by atoms with Crippen molar-refractivity contribution >= 4 is 11.5 Å². The van der Waals surface area contributed by atoms with Crippen LogP contribution in [0.1, 0.15) is 5.56 Å². The normalized spacial score (nSPS) is 20.2. The molecule has 0 amide bonds. The predicted molar refractivity (Wildman–Crippen MR) is 115 cm³/mol. The van der Waals surface area contributed by atoms with E-state index in [0.29, 0.717) is 29.0 Å². The monoisotopic (exact) mass is 401 g/mol. The van der Waals surface area contributed by atoms with Crippen molar-refractivity contribution in [3.8, 4) is 28.8 Å². The third kappa shape index (κ3) is 3.13. The van der Waals surface area contributed by atoms with Gasteiger partial charge >= 0.3 is 0 Å². The van der Waals surface area contributed by atoms with Crippen LogP contribution in [0.2, 0.25) is 0 Å². The van der Waals surface area contributed by atoms with Gasteiger partial charge in [0, 0.05) is 55.9 Å². The van der Waals surface area contributed by atoms with Crippen molar-refractivity contribution in [1.29, 1.82) is 5.26 Å². The second kappa shape index (κ2) is 7.35. The van der Waals surface area contributed by atoms with Crippen LogP contribution in [0, 0.1) is 23.2 Å². The minimum Gasteiger partial charge on any atom is -0.497 e. The molecule has 3 N–H and O–H groups in total. The Morgan fingerprint density at radius 2 is 2.00 bits per heavy atom. The van der Waals surface area contributed by atoms with Crippen molar-refractivity contribution in [2.24, 2.45) is 11.8 Å². The molecule has 0 saturated carbocycles. The first-order valence-electron chi connectivity index (χ1n) is 10.0. The first kappa shape index (κ1) is 18.5. The van der Waals surface area contributed by atoms with Crippen LogP contribution >= 0.6 is 0 Å². The summed E-state index contributed by atoms with van der Waals surface area (Å²) in [5.41, 5.74) is 9.28. The van der Waals surface area contributed by atoms with Gasteiger partial charge < -0.3 is 20.7 Å². The lowest BCUT2D eigenvalue weighted by Gasteiger charge is -2.22. The van der Waals surface area contributed by atoms with Crippen LogP contribution in [0.5, 0.6) is 5.75 Å². The number of benzene rings is 1. The van der Waals surface area contributed by atoms with E-state index in [-0.39, 0.29) is 0 Å². The molecule has 1 aromatic carbocycles. The third-order valence-electron chi connectivity index (χ3n) is 6.07. The van der Waals surface area contributed by atoms with Gasteiger partial charge in [0.15, 0.2) is 5.82 Å². The maximum atomic E-state index is 9.95. The number of nitrogen functional groups attached to an aromatic ring is 1. The quantitative estimate of drug-likeness (QED) is 0.689. The predicted octanol–water partition coefficient (Wildman–Crippen LogP) is 2.05. The largest absolute Gasteiger partial charge is 0.497 e. The molecule has 8 nitrogen and oxygen atoms in total. The molecule has 0 radical (unpaired) electrons. The van der Waals surface area contributed by atoms with Crippen molar-refractivity contribution in [3.05, 3.63) is 48.5 Å². The summed E-state index contributed by atoms with van der Waals surface area (Å²) in [6.07, 6.45) is 5.01. The lowest BCUT2D eigenvalue weighted by molar-refractivity contribution is 0.415. The van der Waals surface area contributed by atoms with Gasteiger partial charge in [-0.2, -0.15) is 5.26 Å². The third-order valence-corrected chi connectivity index (χ3v) is 6.07. The Kier molecular flexibility index (Phi) is 4.52. The van der Waals surface area contributed by atoms with Crippen LogP contribution in [0.4, 0.5) is 11.5 Å². The molecule has 2 aliphatic heterocycles. The van der Waals surface area contributed by atoms with E-state index in [2.05, 4.69) is 38.4 Å². The second-order valence-electron chi connectivity index (χ2n) is 7.88. The number of nitrogens with one attached hydrogen (secondary N) is 1. The number of ether oxygens (including phenoxy) is 1. The topological polar surface area (TPSA) is 105 Å². The number of hydrogen-bond acceptors (Lipinski definition) is 7. The number of aromatic nitrogens is 3. The fraction of sp³-hybridized carbons (Fsp3) is 0.318. The SMILES string of the molecule is COc1cc(-c2cc(N)nc(-n3ccnc3)c2C#N)cc(N2CC3CNCC3C2)c1. The molecule has 152 valence electrons. The molecule has 4 heterocycles. The summed E-state index contributed by atoms with van der Waals surface area (Å²) in [7, 11) is 1.66. The van der Waals surface area contributed by atoms with Crippen LogP contribution in [-0.2, 0) is 0 Å². The van der Waals surface area contributed by atoms with E-state index >= 15 is 0 Å². The van der Waals surface area contributed by atoms with Gasteiger partial charge in [0.2, 0.25) is 0 Å². The van der Waals surface area contributed by atoms with E-state index in [4.69, 9.17) is 10.5 Å². The van der Waals surface area contributed by atoms with Crippen molar-refractivity contribution in [2.75, 3.05) is 43.9 Å². The summed E-state index contributed by atoms with van der Waals surface area (Å²) in [6.45, 7) is 4.19. The Hall–Kier alpha value is -3.57. The zero-order chi connectivity index (χ0) is 20.7. The van der Waals surface area contributed by atoms with Crippen molar-refractivity contribution < 1.29 is 4.74 Å². The molecule has 0 aliphatic carbocycles. The van der Waals surface area contributed by atoms with Gasteiger partial charge in [0.1, 0.15) is 29.5 Å². The average molecular weight is 401 g/mol. The van der Waals surface area contributed by atoms with Gasteiger partial charge in [-0.05, 0) is 35.6 Å². The van der Waals surface area contributed by atoms with Crippen LogP contribution in [0.3, 0.4) is 0 Å². The highest BCUT2D eigenvalue weighted by Crippen LogP contribution is 2.37. The first-order valence-corrected chi connectivity index (χ1v) is 10.0. The molecule has 8 heteroatoms. The number of nitrogens with two attached hydrogens (primary N) is 1. The first-order chi connectivity index (χ1) is 14.7. The summed E-state index contributed by atoms with van der Waals surface area (Å²) in [5.74, 6) is 2.92. The highest BCUT2D eigenvalue weighted by atomic mass is 16.5. The Balaban J connectivity index is 1.61. The van der Waals surface area contributed by atoms with E-state index in [1.807, 2.05) is 6.07 Å². The highest BCUT2D eigenvalue weighted by Gasteiger charge is 2.36. The van der Waals surface area contributed by atoms with Gasteiger partial charge in [-0.25, -0.2) is 9.97 Å². The van der Waals surface area contributed by atoms with Crippen LogP contribution in [0.15, 0.2) is 43.0 Å². The summed E-state index contributed by atoms with van der Waals surface area (Å²) in [4.78, 5) is 10.9. The van der Waals surface area contributed by atoms with Gasteiger partial charge in [-0.3, -0.25) is 4.57 Å². The summed E-state index contributed by atoms with van der Waals surface area (Å²) in [5, 5.41) is 13.4. The maximum absolute atomic E-state index is 9.95. The average Bonchev–Trinajstić information content (AvgIpc) is 3.50. The molecule has 2 fully saturated rings. The smallest absolute Gasteiger partial charge is 0.158 e. The van der Waals surface area contributed by atoms with E-state index in [1.54, 1.807) is 36.5 Å². The van der Waals surface area contributed by atoms with Crippen LogP contribution < -0.4 is 20.7 Å². The summed E-state index contributed by atoms with van der Waals surface area (Å²) >= 11 is 0. The molecule has 2 aliphatic rings. The number of rotatable bonds is 4. The highest BCUT2D eigenvalue weighted by molar-refractivity contribution is 5.79. The zero-order valence-electron chi connectivity index (χ0n) is 16.7. The van der Waals surface area contributed by atoms with Crippen LogP contribution in [0.25, 0.3) is 16.9 Å². The number of nitrogens with zero attached hydrogens (tertiary/aromatic N) is 5. The molecule has 3 aromatic rings. The van der Waals surface area contributed by atoms with Gasteiger partial charge in [0.05, 0.1) is 7.11 Å². The molecule has 2 atom stereocenters. The Morgan fingerprint density at radius 1 is 1.20 bits per heavy atom. The standard InChI is InChI=1S/C22H23N7O/c1-30-18-5-14(4-17(6-18)29-11-15-9-26-10-16(15)12-29)19-7-21(24)27-22(20(19)8-23)28-3-2-25-13-28/h2-7,13,15-16,26H,9-12H2,1H3,(H2,24,27). The summed E-state index contributed by atoms with van der Waals surface area (Å²) in [6, 6.07) is 10.2. The minimum atomic E-state index is 0.346. The van der Waals surface area contributed by atoms with Crippen molar-refractivity contribution in [3.63, 3.8) is 0 Å². The Bertz CT molecular complexity index is 1110. The maximum Gasteiger partial charge on any atom is 0.158 e. The van der Waals surface area contributed by atoms with Gasteiger partial charge in [0.25, 0.3) is 0 Å². The molecular weight excluding hydrogens is 378 g/mol. The molecular formula is C22H23N7O. The van der Waals surface area contributed by atoms with E-state index in [1.165, 1.54) is 0 Å². The van der Waals surface area contributed by atoms with Crippen LogP contribution in [-0.4, -0.2) is 47.8 Å². The number of hydrogen-bond donors (Lipinski definition) is 2. The molecule has 30 heavy (non-hydrogen) atoms. The van der Waals surface area contributed by atoms with Gasteiger partial charge in [-0.15, -0.1) is 0 Å². The number of fused-ring (bicyclic) bond motifs is 1. The molecule has 2 aromatic heterocycles. The molecule has 5 rings (SSSR count).